The van der Waals surface area contributed by atoms with Gasteiger partial charge in [-0.2, -0.15) is 0 Å². The number of nitrogens with two attached hydrogens (primary N) is 1. The molecule has 2 heterocycles. The molecule has 0 atom stereocenters. The number of aryl methyl sites for hydroxylation is 1. The molecule has 4 rings (SSSR count). The summed E-state index contributed by atoms with van der Waals surface area (Å²) in [6.07, 6.45) is 7.08. The monoisotopic (exact) mass is 344 g/mol. The summed E-state index contributed by atoms with van der Waals surface area (Å²) in [5.74, 6) is 1.09. The van der Waals surface area contributed by atoms with Gasteiger partial charge in [0.15, 0.2) is 0 Å². The second-order valence-electron chi connectivity index (χ2n) is 8.86. The van der Waals surface area contributed by atoms with Crippen LogP contribution in [-0.4, -0.2) is 42.9 Å². The maximum atomic E-state index is 5.96. The number of anilines is 2. The molecular weight excluding hydrogens is 312 g/mol. The van der Waals surface area contributed by atoms with Crippen LogP contribution in [0.1, 0.15) is 51.1 Å². The zero-order valence-corrected chi connectivity index (χ0v) is 15.8. The Kier molecular flexibility index (Phi) is 4.19. The molecule has 1 aliphatic heterocycles. The Morgan fingerprint density at radius 1 is 1.20 bits per heavy atom. The Morgan fingerprint density at radius 3 is 2.44 bits per heavy atom. The van der Waals surface area contributed by atoms with Crippen molar-refractivity contribution in [1.82, 2.24) is 4.98 Å². The molecule has 25 heavy (non-hydrogen) atoms. The van der Waals surface area contributed by atoms with Crippen LogP contribution in [0.2, 0.25) is 0 Å². The van der Waals surface area contributed by atoms with Crippen LogP contribution in [0.4, 0.5) is 11.5 Å². The van der Waals surface area contributed by atoms with Gasteiger partial charge in [-0.3, -0.25) is 0 Å². The van der Waals surface area contributed by atoms with Crippen molar-refractivity contribution in [2.75, 3.05) is 30.4 Å². The van der Waals surface area contributed by atoms with Crippen LogP contribution in [0.15, 0.2) is 12.1 Å². The van der Waals surface area contributed by atoms with Gasteiger partial charge in [-0.15, -0.1) is 0 Å². The fourth-order valence-corrected chi connectivity index (χ4v) is 4.98. The molecule has 1 aromatic heterocycles. The lowest BCUT2D eigenvalue weighted by molar-refractivity contribution is -0.0133. The Bertz CT molecular complexity index is 625. The lowest BCUT2D eigenvalue weighted by Gasteiger charge is -2.57. The molecule has 2 saturated carbocycles. The highest BCUT2D eigenvalue weighted by Crippen LogP contribution is 2.55. The molecule has 3 N–H and O–H groups in total. The molecule has 138 valence electrons. The Labute approximate surface area is 151 Å². The molecule has 3 fully saturated rings. The van der Waals surface area contributed by atoms with Crippen molar-refractivity contribution in [2.45, 2.75) is 70.1 Å². The Morgan fingerprint density at radius 2 is 1.88 bits per heavy atom. The quantitative estimate of drug-likeness (QED) is 0.879. The van der Waals surface area contributed by atoms with E-state index in [2.05, 4.69) is 36.2 Å². The topological polar surface area (TPSA) is 63.4 Å². The number of hydrogen-bond donors (Lipinski definition) is 2. The summed E-state index contributed by atoms with van der Waals surface area (Å²) in [4.78, 5) is 7.25. The highest BCUT2D eigenvalue weighted by Gasteiger charge is 2.51. The molecule has 5 nitrogen and oxygen atoms in total. The third-order valence-electron chi connectivity index (χ3n) is 6.82. The van der Waals surface area contributed by atoms with E-state index in [4.69, 9.17) is 15.5 Å². The smallest absolute Gasteiger partial charge is 0.128 e. The number of nitrogens with one attached hydrogen (secondary N) is 1. The van der Waals surface area contributed by atoms with Gasteiger partial charge in [0.1, 0.15) is 5.82 Å². The van der Waals surface area contributed by atoms with Crippen molar-refractivity contribution >= 4 is 11.5 Å². The second-order valence-corrected chi connectivity index (χ2v) is 8.86. The molecule has 0 radical (unpaired) electrons. The maximum absolute atomic E-state index is 5.96. The summed E-state index contributed by atoms with van der Waals surface area (Å²) in [6.45, 7) is 6.34. The number of piperidine rings is 1. The van der Waals surface area contributed by atoms with Crippen LogP contribution in [0.3, 0.4) is 0 Å². The molecule has 0 amide bonds. The van der Waals surface area contributed by atoms with Gasteiger partial charge in [-0.05, 0) is 69.9 Å². The van der Waals surface area contributed by atoms with E-state index in [0.29, 0.717) is 17.5 Å². The summed E-state index contributed by atoms with van der Waals surface area (Å²) in [5.41, 5.74) is 8.84. The van der Waals surface area contributed by atoms with Gasteiger partial charge in [0, 0.05) is 32.3 Å². The normalized spacial score (nSPS) is 33.7. The molecular formula is C20H32N4O. The number of pyridine rings is 1. The van der Waals surface area contributed by atoms with E-state index in [1.807, 2.05) is 7.11 Å². The number of rotatable bonds is 4. The summed E-state index contributed by atoms with van der Waals surface area (Å²) >= 11 is 0. The van der Waals surface area contributed by atoms with Crippen LogP contribution >= 0.6 is 0 Å². The van der Waals surface area contributed by atoms with Crippen LogP contribution < -0.4 is 16.0 Å². The average Bonchev–Trinajstić information content (AvgIpc) is 2.54. The Hall–Kier alpha value is -1.33. The van der Waals surface area contributed by atoms with Gasteiger partial charge in [0.05, 0.1) is 17.0 Å². The van der Waals surface area contributed by atoms with Crippen molar-refractivity contribution in [3.05, 3.63) is 17.8 Å². The van der Waals surface area contributed by atoms with Gasteiger partial charge in [-0.1, -0.05) is 0 Å². The predicted octanol–water partition coefficient (Wildman–Crippen LogP) is 3.08. The first-order chi connectivity index (χ1) is 11.9. The minimum atomic E-state index is 0.0251. The van der Waals surface area contributed by atoms with Crippen molar-refractivity contribution in [3.63, 3.8) is 0 Å². The predicted molar refractivity (Wildman–Crippen MR) is 102 cm³/mol. The van der Waals surface area contributed by atoms with Crippen LogP contribution in [-0.2, 0) is 4.74 Å². The van der Waals surface area contributed by atoms with Crippen molar-refractivity contribution < 1.29 is 4.74 Å². The van der Waals surface area contributed by atoms with Crippen molar-refractivity contribution in [2.24, 2.45) is 11.1 Å². The summed E-state index contributed by atoms with van der Waals surface area (Å²) in [7, 11) is 1.82. The fraction of sp³-hybridized carbons (Fsp3) is 0.750. The lowest BCUT2D eigenvalue weighted by atomic mass is 9.52. The van der Waals surface area contributed by atoms with Gasteiger partial charge >= 0.3 is 0 Å². The van der Waals surface area contributed by atoms with Gasteiger partial charge < -0.3 is 20.7 Å². The van der Waals surface area contributed by atoms with E-state index in [1.54, 1.807) is 0 Å². The third kappa shape index (κ3) is 3.24. The number of aromatic nitrogens is 1. The molecule has 1 aromatic rings. The molecule has 1 spiro atoms. The molecule has 0 bridgehead atoms. The summed E-state index contributed by atoms with van der Waals surface area (Å²) < 4.78 is 5.64. The third-order valence-corrected chi connectivity index (χ3v) is 6.82. The first kappa shape index (κ1) is 17.1. The Balaban J connectivity index is 1.34. The van der Waals surface area contributed by atoms with E-state index in [9.17, 15) is 0 Å². The van der Waals surface area contributed by atoms with Crippen LogP contribution in [0.5, 0.6) is 0 Å². The van der Waals surface area contributed by atoms with Crippen LogP contribution in [0.25, 0.3) is 0 Å². The summed E-state index contributed by atoms with van der Waals surface area (Å²) in [5, 5.41) is 3.70. The molecule has 3 aliphatic rings. The molecule has 5 heteroatoms. The number of hydrogen-bond acceptors (Lipinski definition) is 5. The van der Waals surface area contributed by atoms with E-state index in [0.717, 1.165) is 37.4 Å². The number of ether oxygens (including phenoxy) is 1. The lowest BCUT2D eigenvalue weighted by Crippen LogP contribution is -2.57. The zero-order valence-electron chi connectivity index (χ0n) is 15.8. The minimum absolute atomic E-state index is 0.0251. The van der Waals surface area contributed by atoms with E-state index in [1.165, 1.54) is 31.4 Å². The van der Waals surface area contributed by atoms with Crippen molar-refractivity contribution in [3.8, 4) is 0 Å². The average molecular weight is 345 g/mol. The van der Waals surface area contributed by atoms with Crippen LogP contribution in [0, 0.1) is 12.3 Å². The first-order valence-corrected chi connectivity index (χ1v) is 9.70. The standard InChI is InChI=1S/C20H32N4O/c1-14-17(23-16-12-20(13-16)10-15(21)11-20)4-5-18(22-14)24-8-6-19(2,25-3)7-9-24/h4-5,15-16,23H,6-13,21H2,1-3H3. The zero-order chi connectivity index (χ0) is 17.7. The maximum Gasteiger partial charge on any atom is 0.128 e. The first-order valence-electron chi connectivity index (χ1n) is 9.70. The van der Waals surface area contributed by atoms with Gasteiger partial charge in [0.25, 0.3) is 0 Å². The second kappa shape index (κ2) is 6.13. The minimum Gasteiger partial charge on any atom is -0.381 e. The molecule has 0 unspecified atom stereocenters. The largest absolute Gasteiger partial charge is 0.381 e. The van der Waals surface area contributed by atoms with Gasteiger partial charge in [0.2, 0.25) is 0 Å². The molecule has 1 saturated heterocycles. The number of methoxy groups -OCH3 is 1. The molecule has 2 aliphatic carbocycles. The highest BCUT2D eigenvalue weighted by atomic mass is 16.5. The summed E-state index contributed by atoms with van der Waals surface area (Å²) in [6, 6.07) is 5.42. The van der Waals surface area contributed by atoms with E-state index < -0.39 is 0 Å². The van der Waals surface area contributed by atoms with E-state index in [-0.39, 0.29) is 5.60 Å². The van der Waals surface area contributed by atoms with Crippen molar-refractivity contribution in [1.29, 1.82) is 0 Å². The highest BCUT2D eigenvalue weighted by molar-refractivity contribution is 5.54. The SMILES string of the molecule is COC1(C)CCN(c2ccc(NC3CC4(CC(N)C4)C3)c(C)n2)CC1. The number of nitrogens with zero attached hydrogens (tertiary/aromatic N) is 2. The fourth-order valence-electron chi connectivity index (χ4n) is 4.98. The molecule has 0 aromatic carbocycles. The van der Waals surface area contributed by atoms with E-state index >= 15 is 0 Å². The van der Waals surface area contributed by atoms with Gasteiger partial charge in [-0.25, -0.2) is 4.98 Å².